The minimum absolute atomic E-state index is 0.113. The molecule has 0 aliphatic carbocycles. The van der Waals surface area contributed by atoms with Crippen molar-refractivity contribution in [2.45, 2.75) is 24.9 Å². The van der Waals surface area contributed by atoms with Crippen LogP contribution >= 0.6 is 7.82 Å². The monoisotopic (exact) mass is 349 g/mol. The van der Waals surface area contributed by atoms with E-state index in [1.807, 2.05) is 0 Å². The Kier molecular flexibility index (Phi) is 3.84. The zero-order valence-corrected chi connectivity index (χ0v) is 12.1. The first kappa shape index (κ1) is 15.9. The molecule has 3 heterocycles. The van der Waals surface area contributed by atoms with Crippen LogP contribution in [0.3, 0.4) is 0 Å². The second-order valence-corrected chi connectivity index (χ2v) is 6.14. The van der Waals surface area contributed by atoms with E-state index in [0.29, 0.717) is 4.57 Å². The highest BCUT2D eigenvalue weighted by molar-refractivity contribution is 7.47. The number of rotatable bonds is 2. The van der Waals surface area contributed by atoms with Crippen molar-refractivity contribution in [1.29, 1.82) is 0 Å². The van der Waals surface area contributed by atoms with Crippen molar-refractivity contribution in [2.24, 2.45) is 5.11 Å². The van der Waals surface area contributed by atoms with E-state index >= 15 is 0 Å². The Bertz CT molecular complexity index is 861. The SMILES string of the molecule is [N-]=[N+]=Nc1c(F)c(=O)[nH]c(=O)n1[C@H]1C[C@@H]2OP(=O)(O)OC[C@H]2O1. The number of halogens is 1. The number of phosphoric ester groups is 1. The van der Waals surface area contributed by atoms with Crippen LogP contribution in [0.2, 0.25) is 0 Å². The minimum Gasteiger partial charge on any atom is -0.349 e. The molecule has 0 radical (unpaired) electrons. The van der Waals surface area contributed by atoms with Crippen molar-refractivity contribution in [3.8, 4) is 0 Å². The molecule has 0 aromatic carbocycles. The quantitative estimate of drug-likeness (QED) is 0.337. The van der Waals surface area contributed by atoms with Crippen LogP contribution in [0.5, 0.6) is 0 Å². The predicted octanol–water partition coefficient (Wildman–Crippen LogP) is 0.421. The van der Waals surface area contributed by atoms with E-state index in [1.54, 1.807) is 4.98 Å². The Morgan fingerprint density at radius 1 is 1.48 bits per heavy atom. The first-order valence-electron chi connectivity index (χ1n) is 6.23. The number of hydrogen-bond acceptors (Lipinski definition) is 7. The van der Waals surface area contributed by atoms with Gasteiger partial charge in [0.05, 0.1) is 6.61 Å². The van der Waals surface area contributed by atoms with Gasteiger partial charge in [0.1, 0.15) is 18.4 Å². The first-order chi connectivity index (χ1) is 10.8. The van der Waals surface area contributed by atoms with Crippen LogP contribution in [0.25, 0.3) is 10.4 Å². The largest absolute Gasteiger partial charge is 0.472 e. The van der Waals surface area contributed by atoms with Gasteiger partial charge in [0.25, 0.3) is 5.56 Å². The lowest BCUT2D eigenvalue weighted by atomic mass is 10.2. The Balaban J connectivity index is 2.02. The van der Waals surface area contributed by atoms with E-state index in [2.05, 4.69) is 14.5 Å². The van der Waals surface area contributed by atoms with Crippen molar-refractivity contribution in [2.75, 3.05) is 6.61 Å². The first-order valence-corrected chi connectivity index (χ1v) is 7.72. The van der Waals surface area contributed by atoms with Crippen molar-refractivity contribution in [3.63, 3.8) is 0 Å². The number of fused-ring (bicyclic) bond motifs is 1. The molecule has 0 saturated carbocycles. The fourth-order valence-corrected chi connectivity index (χ4v) is 3.37. The zero-order valence-electron chi connectivity index (χ0n) is 11.2. The van der Waals surface area contributed by atoms with E-state index in [-0.39, 0.29) is 13.0 Å². The topological polar surface area (TPSA) is 169 Å². The van der Waals surface area contributed by atoms with Crippen LogP contribution in [0.1, 0.15) is 12.6 Å². The molecule has 0 amide bonds. The molecule has 2 saturated heterocycles. The van der Waals surface area contributed by atoms with E-state index in [4.69, 9.17) is 14.8 Å². The third kappa shape index (κ3) is 2.81. The summed E-state index contributed by atoms with van der Waals surface area (Å²) < 4.78 is 40.6. The fourth-order valence-electron chi connectivity index (χ4n) is 2.41. The molecule has 2 N–H and O–H groups in total. The van der Waals surface area contributed by atoms with Crippen LogP contribution in [-0.2, 0) is 18.3 Å². The Morgan fingerprint density at radius 2 is 2.22 bits per heavy atom. The molecule has 2 fully saturated rings. The molecule has 1 unspecified atom stereocenters. The lowest BCUT2D eigenvalue weighted by Gasteiger charge is -2.26. The van der Waals surface area contributed by atoms with Gasteiger partial charge in [-0.15, -0.1) is 0 Å². The molecule has 1 aromatic rings. The summed E-state index contributed by atoms with van der Waals surface area (Å²) in [5.74, 6) is -2.30. The van der Waals surface area contributed by atoms with E-state index < -0.39 is 49.1 Å². The number of ether oxygens (including phenoxy) is 1. The van der Waals surface area contributed by atoms with E-state index in [1.165, 1.54) is 0 Å². The fraction of sp³-hybridized carbons (Fsp3) is 0.556. The van der Waals surface area contributed by atoms with Gasteiger partial charge in [-0.05, 0) is 10.6 Å². The van der Waals surface area contributed by atoms with Crippen molar-refractivity contribution in [1.82, 2.24) is 9.55 Å². The number of aromatic nitrogens is 2. The summed E-state index contributed by atoms with van der Waals surface area (Å²) in [5.41, 5.74) is 6.07. The molecule has 2 aliphatic heterocycles. The maximum absolute atomic E-state index is 13.8. The van der Waals surface area contributed by atoms with Crippen LogP contribution in [0, 0.1) is 5.82 Å². The van der Waals surface area contributed by atoms with Crippen LogP contribution in [0.15, 0.2) is 14.7 Å². The van der Waals surface area contributed by atoms with Crippen molar-refractivity contribution in [3.05, 3.63) is 37.1 Å². The Hall–Kier alpha value is -2.01. The molecule has 4 atom stereocenters. The number of azide groups is 1. The zero-order chi connectivity index (χ0) is 16.8. The summed E-state index contributed by atoms with van der Waals surface area (Å²) in [5, 5.41) is 3.01. The molecular weight excluding hydrogens is 340 g/mol. The van der Waals surface area contributed by atoms with Gasteiger partial charge < -0.3 is 9.63 Å². The number of H-pyrrole nitrogens is 1. The highest BCUT2D eigenvalue weighted by Gasteiger charge is 2.47. The van der Waals surface area contributed by atoms with Gasteiger partial charge in [-0.25, -0.2) is 9.36 Å². The number of nitrogens with zero attached hydrogens (tertiary/aromatic N) is 4. The van der Waals surface area contributed by atoms with E-state index in [9.17, 15) is 23.4 Å². The predicted molar refractivity (Wildman–Crippen MR) is 69.3 cm³/mol. The molecule has 14 heteroatoms. The lowest BCUT2D eigenvalue weighted by Crippen LogP contribution is -2.34. The van der Waals surface area contributed by atoms with Gasteiger partial charge in [0, 0.05) is 11.3 Å². The number of phosphoric acid groups is 1. The molecule has 124 valence electrons. The second-order valence-electron chi connectivity index (χ2n) is 4.73. The van der Waals surface area contributed by atoms with Crippen LogP contribution in [-0.4, -0.2) is 33.3 Å². The molecule has 0 bridgehead atoms. The summed E-state index contributed by atoms with van der Waals surface area (Å²) in [6, 6.07) is 0. The summed E-state index contributed by atoms with van der Waals surface area (Å²) in [4.78, 5) is 36.5. The van der Waals surface area contributed by atoms with Gasteiger partial charge in [-0.3, -0.25) is 23.4 Å². The molecule has 2 aliphatic rings. The maximum atomic E-state index is 13.8. The van der Waals surface area contributed by atoms with E-state index in [0.717, 1.165) is 0 Å². The summed E-state index contributed by atoms with van der Waals surface area (Å²) in [6.07, 6.45) is -2.95. The van der Waals surface area contributed by atoms with Gasteiger partial charge in [0.2, 0.25) is 5.82 Å². The van der Waals surface area contributed by atoms with Gasteiger partial charge in [0.15, 0.2) is 5.82 Å². The van der Waals surface area contributed by atoms with Gasteiger partial charge in [-0.2, -0.15) is 4.39 Å². The third-order valence-electron chi connectivity index (χ3n) is 3.34. The Labute approximate surface area is 125 Å². The summed E-state index contributed by atoms with van der Waals surface area (Å²) >= 11 is 0. The minimum atomic E-state index is -4.21. The average molecular weight is 349 g/mol. The highest BCUT2D eigenvalue weighted by atomic mass is 31.2. The summed E-state index contributed by atoms with van der Waals surface area (Å²) in [7, 11) is -4.21. The normalized spacial score (nSPS) is 33.0. The molecular formula is C9H9FN5O7P. The van der Waals surface area contributed by atoms with Crippen molar-refractivity contribution >= 4 is 13.6 Å². The number of nitrogens with one attached hydrogen (secondary N) is 1. The average Bonchev–Trinajstić information content (AvgIpc) is 2.85. The smallest absolute Gasteiger partial charge is 0.349 e. The van der Waals surface area contributed by atoms with Gasteiger partial charge >= 0.3 is 13.5 Å². The summed E-state index contributed by atoms with van der Waals surface area (Å²) in [6.45, 7) is -0.271. The molecule has 12 nitrogen and oxygen atoms in total. The number of aromatic amines is 1. The van der Waals surface area contributed by atoms with Crippen molar-refractivity contribution < 1.29 is 27.6 Å². The number of hydrogen-bond donors (Lipinski definition) is 2. The molecule has 1 aromatic heterocycles. The standard InChI is InChI=1S/C9H9FN5O7P/c10-6-7(13-14-11)15(9(17)12-8(6)16)5-1-3-4(21-5)2-20-23(18,19)22-3/h3-5H,1-2H2,(H,18,19)(H,12,16,17)/t3-,4+,5+/m0/s1. The maximum Gasteiger partial charge on any atom is 0.472 e. The lowest BCUT2D eigenvalue weighted by molar-refractivity contribution is -0.0677. The van der Waals surface area contributed by atoms with Crippen LogP contribution in [0.4, 0.5) is 10.2 Å². The third-order valence-corrected chi connectivity index (χ3v) is 4.35. The highest BCUT2D eigenvalue weighted by Crippen LogP contribution is 2.52. The van der Waals surface area contributed by atoms with Gasteiger partial charge in [-0.1, -0.05) is 0 Å². The molecule has 0 spiro atoms. The molecule has 3 rings (SSSR count). The Morgan fingerprint density at radius 3 is 2.91 bits per heavy atom. The molecule has 23 heavy (non-hydrogen) atoms. The van der Waals surface area contributed by atoms with Crippen LogP contribution < -0.4 is 11.2 Å². The second kappa shape index (κ2) is 5.57.